The minimum atomic E-state index is 0.473. The van der Waals surface area contributed by atoms with Crippen LogP contribution in [0.4, 0.5) is 17.5 Å². The Balaban J connectivity index is 1.75. The number of carbonyl (C=O) groups is 1. The summed E-state index contributed by atoms with van der Waals surface area (Å²) in [5.74, 6) is 1.17. The summed E-state index contributed by atoms with van der Waals surface area (Å²) in [4.78, 5) is 32.1. The summed E-state index contributed by atoms with van der Waals surface area (Å²) in [5, 5.41) is 3.18. The molecule has 9 heteroatoms. The van der Waals surface area contributed by atoms with Gasteiger partial charge < -0.3 is 20.0 Å². The molecular formula is C21H29N7OS. The van der Waals surface area contributed by atoms with Crippen LogP contribution >= 0.6 is 11.8 Å². The maximum atomic E-state index is 11.3. The standard InChI is InChI=1S/C21H29N7OS/c1-5-27(15-29)16(2)20(30-4)18-8-9-22-21(24-18)25-19-7-6-17(14-23-19)28-12-10-26(3)11-13-28/h6-9,14-15H,5,10-13H2,1-4H3,(H,22,23,24,25)/b20-16-. The first kappa shape index (κ1) is 22.0. The lowest BCUT2D eigenvalue weighted by Crippen LogP contribution is -2.44. The average molecular weight is 428 g/mol. The summed E-state index contributed by atoms with van der Waals surface area (Å²) in [7, 11) is 2.15. The Labute approximate surface area is 182 Å². The molecule has 160 valence electrons. The molecular weight excluding hydrogens is 398 g/mol. The highest BCUT2D eigenvalue weighted by atomic mass is 32.2. The van der Waals surface area contributed by atoms with E-state index in [0.29, 0.717) is 18.3 Å². The normalized spacial score (nSPS) is 15.5. The van der Waals surface area contributed by atoms with E-state index in [1.165, 1.54) is 0 Å². The minimum Gasteiger partial charge on any atom is -0.368 e. The largest absolute Gasteiger partial charge is 0.368 e. The van der Waals surface area contributed by atoms with E-state index in [0.717, 1.165) is 54.6 Å². The van der Waals surface area contributed by atoms with Gasteiger partial charge in [-0.25, -0.2) is 15.0 Å². The second-order valence-electron chi connectivity index (χ2n) is 7.09. The highest BCUT2D eigenvalue weighted by molar-refractivity contribution is 8.07. The molecule has 1 fully saturated rings. The Morgan fingerprint density at radius 3 is 2.60 bits per heavy atom. The number of piperazine rings is 1. The van der Waals surface area contributed by atoms with Crippen molar-refractivity contribution < 1.29 is 4.79 Å². The molecule has 30 heavy (non-hydrogen) atoms. The zero-order valence-electron chi connectivity index (χ0n) is 18.0. The van der Waals surface area contributed by atoms with Gasteiger partial charge in [-0.2, -0.15) is 0 Å². The van der Waals surface area contributed by atoms with Crippen LogP contribution in [-0.2, 0) is 4.79 Å². The number of hydrogen-bond donors (Lipinski definition) is 1. The second kappa shape index (κ2) is 10.4. The predicted octanol–water partition coefficient (Wildman–Crippen LogP) is 2.90. The number of aromatic nitrogens is 3. The van der Waals surface area contributed by atoms with Gasteiger partial charge in [0.25, 0.3) is 0 Å². The smallest absolute Gasteiger partial charge is 0.228 e. The van der Waals surface area contributed by atoms with Crippen LogP contribution in [0.25, 0.3) is 4.91 Å². The zero-order valence-corrected chi connectivity index (χ0v) is 18.8. The molecule has 0 atom stereocenters. The fourth-order valence-corrected chi connectivity index (χ4v) is 4.07. The number of allylic oxidation sites excluding steroid dienone is 1. The number of rotatable bonds is 8. The maximum absolute atomic E-state index is 11.3. The number of nitrogens with one attached hydrogen (secondary N) is 1. The van der Waals surface area contributed by atoms with Gasteiger partial charge in [0.1, 0.15) is 5.82 Å². The highest BCUT2D eigenvalue weighted by Crippen LogP contribution is 2.29. The van der Waals surface area contributed by atoms with Gasteiger partial charge in [0.2, 0.25) is 12.4 Å². The number of likely N-dealkylation sites (N-methyl/N-ethyl adjacent to an activating group) is 1. The lowest BCUT2D eigenvalue weighted by atomic mass is 10.3. The molecule has 3 rings (SSSR count). The lowest BCUT2D eigenvalue weighted by molar-refractivity contribution is -0.116. The first-order chi connectivity index (χ1) is 14.5. The van der Waals surface area contributed by atoms with Crippen molar-refractivity contribution in [2.75, 3.05) is 56.2 Å². The SMILES string of the molecule is CCN(C=O)/C(C)=C(\SC)c1ccnc(Nc2ccc(N3CCN(C)CC3)cn2)n1. The predicted molar refractivity (Wildman–Crippen MR) is 124 cm³/mol. The molecule has 1 N–H and O–H groups in total. The summed E-state index contributed by atoms with van der Waals surface area (Å²) in [5.41, 5.74) is 2.77. The number of nitrogens with zero attached hydrogens (tertiary/aromatic N) is 6. The Morgan fingerprint density at radius 2 is 2.00 bits per heavy atom. The number of pyridine rings is 1. The van der Waals surface area contributed by atoms with Crippen molar-refractivity contribution in [3.63, 3.8) is 0 Å². The zero-order chi connectivity index (χ0) is 21.5. The van der Waals surface area contributed by atoms with Crippen molar-refractivity contribution in [1.82, 2.24) is 24.8 Å². The molecule has 3 heterocycles. The number of thioether (sulfide) groups is 1. The third-order valence-corrected chi connectivity index (χ3v) is 6.09. The Bertz CT molecular complexity index is 879. The van der Waals surface area contributed by atoms with Crippen molar-refractivity contribution in [3.8, 4) is 0 Å². The lowest BCUT2D eigenvalue weighted by Gasteiger charge is -2.33. The molecule has 0 aromatic carbocycles. The van der Waals surface area contributed by atoms with Crippen LogP contribution in [0.5, 0.6) is 0 Å². The molecule has 2 aromatic heterocycles. The van der Waals surface area contributed by atoms with E-state index in [-0.39, 0.29) is 0 Å². The van der Waals surface area contributed by atoms with Crippen molar-refractivity contribution >= 4 is 40.5 Å². The minimum absolute atomic E-state index is 0.473. The van der Waals surface area contributed by atoms with Crippen molar-refractivity contribution in [2.24, 2.45) is 0 Å². The van der Waals surface area contributed by atoms with E-state index < -0.39 is 0 Å². The summed E-state index contributed by atoms with van der Waals surface area (Å²) in [6.45, 7) is 8.62. The van der Waals surface area contributed by atoms with Gasteiger partial charge in [0, 0.05) is 44.6 Å². The molecule has 1 aliphatic rings. The molecule has 1 saturated heterocycles. The monoisotopic (exact) mass is 427 g/mol. The molecule has 0 saturated carbocycles. The molecule has 1 aliphatic heterocycles. The summed E-state index contributed by atoms with van der Waals surface area (Å²) in [6.07, 6.45) is 6.42. The van der Waals surface area contributed by atoms with E-state index >= 15 is 0 Å². The fraction of sp³-hybridized carbons (Fsp3) is 0.429. The molecule has 8 nitrogen and oxygen atoms in total. The van der Waals surface area contributed by atoms with Crippen molar-refractivity contribution in [3.05, 3.63) is 42.0 Å². The Hall–Kier alpha value is -2.65. The highest BCUT2D eigenvalue weighted by Gasteiger charge is 2.15. The third-order valence-electron chi connectivity index (χ3n) is 5.18. The topological polar surface area (TPSA) is 77.5 Å². The van der Waals surface area contributed by atoms with Crippen LogP contribution in [0.3, 0.4) is 0 Å². The van der Waals surface area contributed by atoms with Gasteiger partial charge in [0.15, 0.2) is 0 Å². The first-order valence-electron chi connectivity index (χ1n) is 10.0. The summed E-state index contributed by atoms with van der Waals surface area (Å²) >= 11 is 1.56. The molecule has 0 radical (unpaired) electrons. The number of amides is 1. The van der Waals surface area contributed by atoms with E-state index in [9.17, 15) is 4.79 Å². The third kappa shape index (κ3) is 5.28. The van der Waals surface area contributed by atoms with Gasteiger partial charge in [0.05, 0.1) is 22.5 Å². The first-order valence-corrected chi connectivity index (χ1v) is 11.2. The molecule has 0 spiro atoms. The summed E-state index contributed by atoms with van der Waals surface area (Å²) in [6, 6.07) is 5.87. The van der Waals surface area contributed by atoms with Gasteiger partial charge >= 0.3 is 0 Å². The van der Waals surface area contributed by atoms with Crippen LogP contribution in [0.2, 0.25) is 0 Å². The Morgan fingerprint density at radius 1 is 1.23 bits per heavy atom. The molecule has 0 bridgehead atoms. The number of carbonyl (C=O) groups excluding carboxylic acids is 1. The van der Waals surface area contributed by atoms with Crippen LogP contribution < -0.4 is 10.2 Å². The van der Waals surface area contributed by atoms with Gasteiger partial charge in [-0.15, -0.1) is 11.8 Å². The van der Waals surface area contributed by atoms with E-state index in [2.05, 4.69) is 43.2 Å². The van der Waals surface area contributed by atoms with E-state index in [4.69, 9.17) is 0 Å². The molecule has 0 unspecified atom stereocenters. The van der Waals surface area contributed by atoms with Crippen LogP contribution in [0.1, 0.15) is 19.5 Å². The van der Waals surface area contributed by atoms with E-state index in [1.54, 1.807) is 22.9 Å². The summed E-state index contributed by atoms with van der Waals surface area (Å²) < 4.78 is 0. The fourth-order valence-electron chi connectivity index (χ4n) is 3.33. The molecule has 1 amide bonds. The van der Waals surface area contributed by atoms with Gasteiger partial charge in [-0.3, -0.25) is 4.79 Å². The average Bonchev–Trinajstić information content (AvgIpc) is 2.77. The van der Waals surface area contributed by atoms with E-state index in [1.807, 2.05) is 38.4 Å². The number of hydrogen-bond acceptors (Lipinski definition) is 8. The van der Waals surface area contributed by atoms with Gasteiger partial charge in [-0.1, -0.05) is 0 Å². The molecule has 2 aromatic rings. The number of anilines is 3. The molecule has 0 aliphatic carbocycles. The van der Waals surface area contributed by atoms with Crippen LogP contribution in [0.15, 0.2) is 36.3 Å². The van der Waals surface area contributed by atoms with Crippen LogP contribution in [-0.4, -0.2) is 77.2 Å². The Kier molecular flexibility index (Phi) is 7.64. The second-order valence-corrected chi connectivity index (χ2v) is 7.91. The quantitative estimate of drug-likeness (QED) is 0.645. The maximum Gasteiger partial charge on any atom is 0.228 e. The van der Waals surface area contributed by atoms with Crippen molar-refractivity contribution in [2.45, 2.75) is 13.8 Å². The van der Waals surface area contributed by atoms with Crippen LogP contribution in [0, 0.1) is 0 Å². The van der Waals surface area contributed by atoms with Crippen molar-refractivity contribution in [1.29, 1.82) is 0 Å². The van der Waals surface area contributed by atoms with Gasteiger partial charge in [-0.05, 0) is 45.4 Å².